The van der Waals surface area contributed by atoms with Gasteiger partial charge in [0.25, 0.3) is 5.91 Å². The maximum Gasteiger partial charge on any atom is 0.283 e. The van der Waals surface area contributed by atoms with Crippen LogP contribution in [0.5, 0.6) is 0 Å². The van der Waals surface area contributed by atoms with Gasteiger partial charge in [-0.2, -0.15) is 5.10 Å². The van der Waals surface area contributed by atoms with Gasteiger partial charge >= 0.3 is 0 Å². The van der Waals surface area contributed by atoms with E-state index in [1.165, 1.54) is 6.07 Å². The summed E-state index contributed by atoms with van der Waals surface area (Å²) in [5.41, 5.74) is 8.49. The van der Waals surface area contributed by atoms with Crippen LogP contribution in [0, 0.1) is 0 Å². The molecule has 1 aliphatic rings. The van der Waals surface area contributed by atoms with E-state index in [1.54, 1.807) is 0 Å². The number of nitrogens with two attached hydrogens (primary N) is 1. The summed E-state index contributed by atoms with van der Waals surface area (Å²) in [4.78, 5) is 11.6. The molecule has 1 amide bonds. The number of carbonyl (C=O) groups excluding carboxylic acids is 1. The molecule has 0 atom stereocenters. The molecule has 1 aliphatic heterocycles. The number of aromatic amines is 1. The molecule has 0 spiro atoms. The third-order valence-electron chi connectivity index (χ3n) is 2.11. The summed E-state index contributed by atoms with van der Waals surface area (Å²) in [6.07, 6.45) is 0. The molecule has 0 radical (unpaired) electrons. The Balaban J connectivity index is 1.91. The van der Waals surface area contributed by atoms with Crippen LogP contribution in [0.2, 0.25) is 0 Å². The standard InChI is InChI=1S/C8H13N5O2/c9-7-5-6(10-11-7)8(14)12-13-1-3-15-4-2-13/h5H,1-4H2,(H,12,14)(H3,9,10,11). The predicted octanol–water partition coefficient (Wildman–Crippen LogP) is -1.03. The summed E-state index contributed by atoms with van der Waals surface area (Å²) in [5, 5.41) is 8.04. The van der Waals surface area contributed by atoms with Crippen molar-refractivity contribution in [3.63, 3.8) is 0 Å². The number of aromatic nitrogens is 2. The molecular weight excluding hydrogens is 198 g/mol. The molecule has 0 saturated carbocycles. The van der Waals surface area contributed by atoms with Crippen molar-refractivity contribution in [1.82, 2.24) is 20.6 Å². The first-order chi connectivity index (χ1) is 7.25. The second-order valence-electron chi connectivity index (χ2n) is 3.25. The van der Waals surface area contributed by atoms with E-state index < -0.39 is 0 Å². The number of rotatable bonds is 2. The van der Waals surface area contributed by atoms with Crippen molar-refractivity contribution in [1.29, 1.82) is 0 Å². The third-order valence-corrected chi connectivity index (χ3v) is 2.11. The first kappa shape index (κ1) is 9.94. The van der Waals surface area contributed by atoms with Crippen molar-refractivity contribution < 1.29 is 9.53 Å². The van der Waals surface area contributed by atoms with Gasteiger partial charge in [0.05, 0.1) is 13.2 Å². The zero-order valence-electron chi connectivity index (χ0n) is 8.19. The number of anilines is 1. The van der Waals surface area contributed by atoms with Gasteiger partial charge in [0.1, 0.15) is 11.5 Å². The quantitative estimate of drug-likeness (QED) is 0.581. The molecule has 0 aromatic carbocycles. The monoisotopic (exact) mass is 211 g/mol. The van der Waals surface area contributed by atoms with Crippen LogP contribution in [0.25, 0.3) is 0 Å². The van der Waals surface area contributed by atoms with Gasteiger partial charge in [-0.05, 0) is 0 Å². The summed E-state index contributed by atoms with van der Waals surface area (Å²) in [5.74, 6) is 0.0724. The lowest BCUT2D eigenvalue weighted by Crippen LogP contribution is -2.48. The third kappa shape index (κ3) is 2.45. The fraction of sp³-hybridized carbons (Fsp3) is 0.500. The fourth-order valence-electron chi connectivity index (χ4n) is 1.33. The maximum atomic E-state index is 11.6. The van der Waals surface area contributed by atoms with Crippen molar-refractivity contribution in [3.05, 3.63) is 11.8 Å². The van der Waals surface area contributed by atoms with Crippen molar-refractivity contribution in [3.8, 4) is 0 Å². The number of amides is 1. The fourth-order valence-corrected chi connectivity index (χ4v) is 1.33. The van der Waals surface area contributed by atoms with Crippen molar-refractivity contribution >= 4 is 11.7 Å². The van der Waals surface area contributed by atoms with Gasteiger partial charge in [-0.1, -0.05) is 0 Å². The van der Waals surface area contributed by atoms with Crippen LogP contribution in [-0.2, 0) is 4.74 Å². The van der Waals surface area contributed by atoms with Crippen LogP contribution in [-0.4, -0.2) is 47.4 Å². The van der Waals surface area contributed by atoms with Crippen LogP contribution < -0.4 is 11.2 Å². The number of hydrazine groups is 1. The van der Waals surface area contributed by atoms with E-state index in [0.29, 0.717) is 37.8 Å². The molecule has 2 rings (SSSR count). The van der Waals surface area contributed by atoms with Gasteiger partial charge in [-0.15, -0.1) is 0 Å². The normalized spacial score (nSPS) is 17.6. The predicted molar refractivity (Wildman–Crippen MR) is 52.9 cm³/mol. The average molecular weight is 211 g/mol. The molecular formula is C8H13N5O2. The van der Waals surface area contributed by atoms with E-state index in [9.17, 15) is 4.79 Å². The molecule has 15 heavy (non-hydrogen) atoms. The summed E-state index contributed by atoms with van der Waals surface area (Å²) in [6, 6.07) is 1.50. The first-order valence-corrected chi connectivity index (χ1v) is 4.70. The Kier molecular flexibility index (Phi) is 2.84. The second-order valence-corrected chi connectivity index (χ2v) is 3.25. The number of nitrogens with zero attached hydrogens (tertiary/aromatic N) is 2. The molecule has 1 aromatic rings. The summed E-state index contributed by atoms with van der Waals surface area (Å²) in [6.45, 7) is 2.64. The van der Waals surface area contributed by atoms with Crippen LogP contribution in [0.1, 0.15) is 10.5 Å². The Morgan fingerprint density at radius 3 is 2.93 bits per heavy atom. The van der Waals surface area contributed by atoms with Crippen molar-refractivity contribution in [2.45, 2.75) is 0 Å². The minimum atomic E-state index is -0.235. The molecule has 1 aromatic heterocycles. The van der Waals surface area contributed by atoms with E-state index >= 15 is 0 Å². The summed E-state index contributed by atoms with van der Waals surface area (Å²) < 4.78 is 5.16. The van der Waals surface area contributed by atoms with Gasteiger partial charge in [-0.3, -0.25) is 15.3 Å². The highest BCUT2D eigenvalue weighted by Crippen LogP contribution is 2.01. The Bertz CT molecular complexity index is 345. The molecule has 1 saturated heterocycles. The Morgan fingerprint density at radius 2 is 2.33 bits per heavy atom. The van der Waals surface area contributed by atoms with Gasteiger partial charge in [0, 0.05) is 19.2 Å². The van der Waals surface area contributed by atoms with Crippen molar-refractivity contribution in [2.24, 2.45) is 0 Å². The SMILES string of the molecule is Nc1cc(C(=O)NN2CCOCC2)[nH]n1. The summed E-state index contributed by atoms with van der Waals surface area (Å²) in [7, 11) is 0. The number of hydrogen-bond donors (Lipinski definition) is 3. The van der Waals surface area contributed by atoms with E-state index in [4.69, 9.17) is 10.5 Å². The lowest BCUT2D eigenvalue weighted by atomic mass is 10.4. The van der Waals surface area contributed by atoms with Gasteiger partial charge in [0.2, 0.25) is 0 Å². The molecule has 0 aliphatic carbocycles. The number of H-pyrrole nitrogens is 1. The van der Waals surface area contributed by atoms with Crippen LogP contribution >= 0.6 is 0 Å². The topological polar surface area (TPSA) is 96.3 Å². The van der Waals surface area contributed by atoms with E-state index in [1.807, 2.05) is 5.01 Å². The highest BCUT2D eigenvalue weighted by Gasteiger charge is 2.15. The molecule has 4 N–H and O–H groups in total. The number of hydrogen-bond acceptors (Lipinski definition) is 5. The van der Waals surface area contributed by atoms with E-state index in [0.717, 1.165) is 0 Å². The number of nitrogen functional groups attached to an aromatic ring is 1. The van der Waals surface area contributed by atoms with Gasteiger partial charge < -0.3 is 10.5 Å². The number of carbonyl (C=O) groups is 1. The first-order valence-electron chi connectivity index (χ1n) is 4.70. The lowest BCUT2D eigenvalue weighted by molar-refractivity contribution is 0.0124. The van der Waals surface area contributed by atoms with E-state index in [-0.39, 0.29) is 5.91 Å². The second kappa shape index (κ2) is 4.28. The van der Waals surface area contributed by atoms with Crippen LogP contribution in [0.4, 0.5) is 5.82 Å². The number of morpholine rings is 1. The number of ether oxygens (including phenoxy) is 1. The molecule has 7 nitrogen and oxygen atoms in total. The molecule has 1 fully saturated rings. The Hall–Kier alpha value is -1.60. The zero-order valence-corrected chi connectivity index (χ0v) is 8.19. The average Bonchev–Trinajstić information content (AvgIpc) is 2.66. The Labute approximate surface area is 86.5 Å². The largest absolute Gasteiger partial charge is 0.382 e. The van der Waals surface area contributed by atoms with Gasteiger partial charge in [0.15, 0.2) is 0 Å². The molecule has 82 valence electrons. The van der Waals surface area contributed by atoms with Crippen LogP contribution in [0.15, 0.2) is 6.07 Å². The smallest absolute Gasteiger partial charge is 0.283 e. The molecule has 0 bridgehead atoms. The van der Waals surface area contributed by atoms with Crippen LogP contribution in [0.3, 0.4) is 0 Å². The highest BCUT2D eigenvalue weighted by molar-refractivity contribution is 5.92. The minimum absolute atomic E-state index is 0.235. The minimum Gasteiger partial charge on any atom is -0.382 e. The van der Waals surface area contributed by atoms with Gasteiger partial charge in [-0.25, -0.2) is 5.01 Å². The van der Waals surface area contributed by atoms with Crippen molar-refractivity contribution in [2.75, 3.05) is 32.0 Å². The molecule has 0 unspecified atom stereocenters. The maximum absolute atomic E-state index is 11.6. The molecule has 7 heteroatoms. The van der Waals surface area contributed by atoms with E-state index in [2.05, 4.69) is 15.6 Å². The lowest BCUT2D eigenvalue weighted by Gasteiger charge is -2.26. The summed E-state index contributed by atoms with van der Waals surface area (Å²) >= 11 is 0. The highest BCUT2D eigenvalue weighted by atomic mass is 16.5. The molecule has 2 heterocycles. The zero-order chi connectivity index (χ0) is 10.7. The Morgan fingerprint density at radius 1 is 1.60 bits per heavy atom. The number of nitrogens with one attached hydrogen (secondary N) is 2.